The molecule has 0 unspecified atom stereocenters. The number of aryl methyl sites for hydroxylation is 3. The number of carbonyl (C=O) groups is 1. The second-order valence-electron chi connectivity index (χ2n) is 4.73. The van der Waals surface area contributed by atoms with Crippen molar-refractivity contribution in [2.75, 3.05) is 0 Å². The van der Waals surface area contributed by atoms with E-state index < -0.39 is 5.97 Å². The summed E-state index contributed by atoms with van der Waals surface area (Å²) in [6.07, 6.45) is 6.33. The molecule has 0 saturated heterocycles. The van der Waals surface area contributed by atoms with E-state index in [-0.39, 0.29) is 6.42 Å². The summed E-state index contributed by atoms with van der Waals surface area (Å²) < 4.78 is 0. The number of nitrogens with one attached hydrogen (secondary N) is 1. The maximum absolute atomic E-state index is 10.6. The lowest BCUT2D eigenvalue weighted by molar-refractivity contribution is -0.136. The molecule has 0 radical (unpaired) electrons. The molecule has 17 heavy (non-hydrogen) atoms. The number of aromatic nitrogens is 1. The van der Waals surface area contributed by atoms with Gasteiger partial charge in [0.05, 0.1) is 0 Å². The maximum atomic E-state index is 10.6. The van der Waals surface area contributed by atoms with Crippen LogP contribution in [0.2, 0.25) is 0 Å². The van der Waals surface area contributed by atoms with E-state index in [0.29, 0.717) is 6.42 Å². The van der Waals surface area contributed by atoms with Crippen LogP contribution in [0.5, 0.6) is 0 Å². The van der Waals surface area contributed by atoms with Crippen LogP contribution >= 0.6 is 0 Å². The van der Waals surface area contributed by atoms with E-state index in [1.54, 1.807) is 0 Å². The Kier molecular flexibility index (Phi) is 2.39. The van der Waals surface area contributed by atoms with Crippen molar-refractivity contribution < 1.29 is 9.90 Å². The van der Waals surface area contributed by atoms with Gasteiger partial charge in [0.25, 0.3) is 0 Å². The fraction of sp³-hybridized carbons (Fsp3) is 0.357. The van der Waals surface area contributed by atoms with Gasteiger partial charge in [-0.15, -0.1) is 0 Å². The van der Waals surface area contributed by atoms with Gasteiger partial charge in [0.1, 0.15) is 0 Å². The van der Waals surface area contributed by atoms with Crippen LogP contribution in [-0.4, -0.2) is 16.1 Å². The van der Waals surface area contributed by atoms with Gasteiger partial charge in [0, 0.05) is 23.5 Å². The van der Waals surface area contributed by atoms with Crippen molar-refractivity contribution >= 4 is 16.9 Å². The minimum atomic E-state index is -0.736. The number of rotatable bonds is 3. The molecule has 1 aromatic carbocycles. The minimum Gasteiger partial charge on any atom is -0.481 e. The standard InChI is InChI=1S/C14H15NO2/c16-14(17)5-4-11-8-15-13-7-10-3-1-2-9(10)6-12(11)13/h6-8,15H,1-5H2,(H,16,17). The van der Waals surface area contributed by atoms with Crippen molar-refractivity contribution in [3.63, 3.8) is 0 Å². The third-order valence-corrected chi connectivity index (χ3v) is 3.59. The molecule has 3 heteroatoms. The van der Waals surface area contributed by atoms with Crippen LogP contribution in [0.4, 0.5) is 0 Å². The second kappa shape index (κ2) is 3.91. The molecule has 0 amide bonds. The Labute approximate surface area is 99.5 Å². The van der Waals surface area contributed by atoms with Gasteiger partial charge < -0.3 is 10.1 Å². The maximum Gasteiger partial charge on any atom is 0.303 e. The lowest BCUT2D eigenvalue weighted by Crippen LogP contribution is -1.96. The first-order valence-corrected chi connectivity index (χ1v) is 6.07. The van der Waals surface area contributed by atoms with E-state index >= 15 is 0 Å². The average Bonchev–Trinajstić information content (AvgIpc) is 2.88. The summed E-state index contributed by atoms with van der Waals surface area (Å²) in [5, 5.41) is 9.93. The molecule has 0 saturated carbocycles. The largest absolute Gasteiger partial charge is 0.481 e. The second-order valence-corrected chi connectivity index (χ2v) is 4.73. The van der Waals surface area contributed by atoms with E-state index in [1.165, 1.54) is 29.4 Å². The molecule has 1 heterocycles. The third kappa shape index (κ3) is 1.82. The average molecular weight is 229 g/mol. The summed E-state index contributed by atoms with van der Waals surface area (Å²) in [7, 11) is 0. The Morgan fingerprint density at radius 1 is 1.29 bits per heavy atom. The van der Waals surface area contributed by atoms with Gasteiger partial charge in [0.2, 0.25) is 0 Å². The van der Waals surface area contributed by atoms with Gasteiger partial charge in [-0.2, -0.15) is 0 Å². The monoisotopic (exact) mass is 229 g/mol. The molecule has 0 spiro atoms. The highest BCUT2D eigenvalue weighted by Crippen LogP contribution is 2.29. The zero-order chi connectivity index (χ0) is 11.8. The number of carboxylic acid groups (broad SMARTS) is 1. The molecule has 0 atom stereocenters. The van der Waals surface area contributed by atoms with Crippen molar-refractivity contribution in [2.24, 2.45) is 0 Å². The van der Waals surface area contributed by atoms with Gasteiger partial charge in [-0.3, -0.25) is 4.79 Å². The molecule has 3 nitrogen and oxygen atoms in total. The van der Waals surface area contributed by atoms with Gasteiger partial charge in [-0.1, -0.05) is 0 Å². The third-order valence-electron chi connectivity index (χ3n) is 3.59. The van der Waals surface area contributed by atoms with Crippen LogP contribution in [-0.2, 0) is 24.1 Å². The van der Waals surface area contributed by atoms with Crippen molar-refractivity contribution in [1.82, 2.24) is 4.98 Å². The molecular formula is C14H15NO2. The molecule has 2 N–H and O–H groups in total. The van der Waals surface area contributed by atoms with Crippen LogP contribution in [0.1, 0.15) is 29.5 Å². The summed E-state index contributed by atoms with van der Waals surface area (Å²) in [4.78, 5) is 13.9. The zero-order valence-electron chi connectivity index (χ0n) is 9.62. The van der Waals surface area contributed by atoms with Crippen molar-refractivity contribution in [1.29, 1.82) is 0 Å². The molecule has 3 rings (SSSR count). The van der Waals surface area contributed by atoms with Gasteiger partial charge in [-0.25, -0.2) is 0 Å². The summed E-state index contributed by atoms with van der Waals surface area (Å²) in [6, 6.07) is 4.47. The predicted molar refractivity (Wildman–Crippen MR) is 66.3 cm³/mol. The quantitative estimate of drug-likeness (QED) is 0.850. The first-order valence-electron chi connectivity index (χ1n) is 6.07. The number of aliphatic carboxylic acids is 1. The summed E-state index contributed by atoms with van der Waals surface area (Å²) in [5.41, 5.74) is 5.15. The van der Waals surface area contributed by atoms with Crippen LogP contribution in [0.25, 0.3) is 10.9 Å². The van der Waals surface area contributed by atoms with Crippen molar-refractivity contribution in [2.45, 2.75) is 32.1 Å². The van der Waals surface area contributed by atoms with Crippen molar-refractivity contribution in [3.8, 4) is 0 Å². The Hall–Kier alpha value is -1.77. The fourth-order valence-corrected chi connectivity index (χ4v) is 2.70. The summed E-state index contributed by atoms with van der Waals surface area (Å²) in [6.45, 7) is 0. The van der Waals surface area contributed by atoms with E-state index in [9.17, 15) is 4.79 Å². The lowest BCUT2D eigenvalue weighted by atomic mass is 10.0. The molecule has 1 aliphatic rings. The molecule has 88 valence electrons. The number of aromatic amines is 1. The molecule has 0 bridgehead atoms. The lowest BCUT2D eigenvalue weighted by Gasteiger charge is -2.01. The molecule has 1 aromatic heterocycles. The number of H-pyrrole nitrogens is 1. The highest BCUT2D eigenvalue weighted by Gasteiger charge is 2.14. The van der Waals surface area contributed by atoms with Gasteiger partial charge >= 0.3 is 5.97 Å². The Morgan fingerprint density at radius 2 is 2.06 bits per heavy atom. The zero-order valence-corrected chi connectivity index (χ0v) is 9.62. The summed E-state index contributed by atoms with van der Waals surface area (Å²) >= 11 is 0. The van der Waals surface area contributed by atoms with Crippen LogP contribution in [0.3, 0.4) is 0 Å². The first kappa shape index (κ1) is 10.4. The molecule has 0 aliphatic heterocycles. The van der Waals surface area contributed by atoms with Crippen LogP contribution in [0, 0.1) is 0 Å². The smallest absolute Gasteiger partial charge is 0.303 e. The van der Waals surface area contributed by atoms with E-state index in [0.717, 1.165) is 17.5 Å². The Bertz CT molecular complexity index is 583. The fourth-order valence-electron chi connectivity index (χ4n) is 2.70. The molecule has 1 aliphatic carbocycles. The first-order chi connectivity index (χ1) is 8.24. The van der Waals surface area contributed by atoms with E-state index in [4.69, 9.17) is 5.11 Å². The number of hydrogen-bond donors (Lipinski definition) is 2. The topological polar surface area (TPSA) is 53.1 Å². The van der Waals surface area contributed by atoms with E-state index in [2.05, 4.69) is 17.1 Å². The SMILES string of the molecule is O=C(O)CCc1c[nH]c2cc3c(cc12)CCC3. The van der Waals surface area contributed by atoms with E-state index in [1.807, 2.05) is 6.20 Å². The van der Waals surface area contributed by atoms with Crippen molar-refractivity contribution in [3.05, 3.63) is 35.0 Å². The highest BCUT2D eigenvalue weighted by atomic mass is 16.4. The summed E-state index contributed by atoms with van der Waals surface area (Å²) in [5.74, 6) is -0.736. The predicted octanol–water partition coefficient (Wildman–Crippen LogP) is 2.67. The molecule has 0 fully saturated rings. The number of carboxylic acids is 1. The normalized spacial score (nSPS) is 14.1. The molecular weight excluding hydrogens is 214 g/mol. The van der Waals surface area contributed by atoms with Gasteiger partial charge in [-0.05, 0) is 54.5 Å². The highest BCUT2D eigenvalue weighted by molar-refractivity contribution is 5.85. The minimum absolute atomic E-state index is 0.198. The molecule has 2 aromatic rings. The number of benzene rings is 1. The van der Waals surface area contributed by atoms with Gasteiger partial charge in [0.15, 0.2) is 0 Å². The number of hydrogen-bond acceptors (Lipinski definition) is 1. The van der Waals surface area contributed by atoms with Crippen LogP contribution in [0.15, 0.2) is 18.3 Å². The Balaban J connectivity index is 2.00. The Morgan fingerprint density at radius 3 is 2.82 bits per heavy atom. The number of fused-ring (bicyclic) bond motifs is 2. The van der Waals surface area contributed by atoms with Crippen LogP contribution < -0.4 is 0 Å².